The number of ether oxygens (including phenoxy) is 2. The van der Waals surface area contributed by atoms with Crippen LogP contribution in [0.4, 0.5) is 5.69 Å². The number of hydrogen-bond donors (Lipinski definition) is 2. The van der Waals surface area contributed by atoms with Gasteiger partial charge in [-0.05, 0) is 56.3 Å². The van der Waals surface area contributed by atoms with Gasteiger partial charge in [-0.2, -0.15) is 4.31 Å². The van der Waals surface area contributed by atoms with E-state index in [1.54, 1.807) is 6.07 Å². The Kier molecular flexibility index (Phi) is 6.61. The van der Waals surface area contributed by atoms with Crippen molar-refractivity contribution in [3.05, 3.63) is 42.5 Å². The SMILES string of the molecule is CNS(=O)(=O)c1ccc(NC(=O)C2CCN(S(=O)(=O)c3ccc4c(c3)OCCO4)CC2)cc1. The summed E-state index contributed by atoms with van der Waals surface area (Å²) >= 11 is 0. The van der Waals surface area contributed by atoms with Crippen LogP contribution in [0.25, 0.3) is 0 Å². The van der Waals surface area contributed by atoms with Gasteiger partial charge in [0.05, 0.1) is 9.79 Å². The van der Waals surface area contributed by atoms with Crippen molar-refractivity contribution >= 4 is 31.6 Å². The number of carbonyl (C=O) groups is 1. The molecule has 1 saturated heterocycles. The fourth-order valence-electron chi connectivity index (χ4n) is 3.77. The number of benzene rings is 2. The van der Waals surface area contributed by atoms with Crippen LogP contribution in [0.2, 0.25) is 0 Å². The maximum atomic E-state index is 13.1. The zero-order valence-corrected chi connectivity index (χ0v) is 19.6. The molecule has 2 aliphatic heterocycles. The molecular formula is C21H25N3O7S2. The van der Waals surface area contributed by atoms with E-state index in [2.05, 4.69) is 10.0 Å². The van der Waals surface area contributed by atoms with Gasteiger partial charge in [0.25, 0.3) is 0 Å². The Balaban J connectivity index is 1.37. The highest BCUT2D eigenvalue weighted by molar-refractivity contribution is 7.89. The van der Waals surface area contributed by atoms with Gasteiger partial charge >= 0.3 is 0 Å². The van der Waals surface area contributed by atoms with Crippen LogP contribution in [0, 0.1) is 5.92 Å². The van der Waals surface area contributed by atoms with Gasteiger partial charge < -0.3 is 14.8 Å². The fourth-order valence-corrected chi connectivity index (χ4v) is 5.99. The third-order valence-corrected chi connectivity index (χ3v) is 9.00. The smallest absolute Gasteiger partial charge is 0.243 e. The number of nitrogens with one attached hydrogen (secondary N) is 2. The number of amides is 1. The first kappa shape index (κ1) is 23.5. The quantitative estimate of drug-likeness (QED) is 0.619. The minimum absolute atomic E-state index is 0.0978. The maximum Gasteiger partial charge on any atom is 0.243 e. The second-order valence-electron chi connectivity index (χ2n) is 7.71. The molecule has 12 heteroatoms. The number of fused-ring (bicyclic) bond motifs is 1. The van der Waals surface area contributed by atoms with Crippen molar-refractivity contribution < 1.29 is 31.1 Å². The van der Waals surface area contributed by atoms with E-state index in [0.29, 0.717) is 43.2 Å². The average Bonchev–Trinajstić information content (AvgIpc) is 2.84. The monoisotopic (exact) mass is 495 g/mol. The van der Waals surface area contributed by atoms with Crippen molar-refractivity contribution in [3.63, 3.8) is 0 Å². The van der Waals surface area contributed by atoms with Crippen LogP contribution in [0.3, 0.4) is 0 Å². The molecule has 178 valence electrons. The first-order chi connectivity index (χ1) is 15.7. The Bertz CT molecular complexity index is 1240. The molecule has 2 aliphatic rings. The number of rotatable bonds is 6. The topological polar surface area (TPSA) is 131 Å². The highest BCUT2D eigenvalue weighted by atomic mass is 32.2. The van der Waals surface area contributed by atoms with Crippen LogP contribution in [0.5, 0.6) is 11.5 Å². The lowest BCUT2D eigenvalue weighted by Gasteiger charge is -2.30. The van der Waals surface area contributed by atoms with Crippen molar-refractivity contribution in [1.29, 1.82) is 0 Å². The Morgan fingerprint density at radius 3 is 2.15 bits per heavy atom. The van der Waals surface area contributed by atoms with Crippen LogP contribution in [-0.2, 0) is 24.8 Å². The summed E-state index contributed by atoms with van der Waals surface area (Å²) in [6.45, 7) is 1.22. The first-order valence-corrected chi connectivity index (χ1v) is 13.4. The molecule has 2 heterocycles. The highest BCUT2D eigenvalue weighted by Crippen LogP contribution is 2.34. The Morgan fingerprint density at radius 2 is 1.52 bits per heavy atom. The van der Waals surface area contributed by atoms with Crippen molar-refractivity contribution in [2.45, 2.75) is 22.6 Å². The number of anilines is 1. The number of sulfonamides is 2. The van der Waals surface area contributed by atoms with E-state index in [0.717, 1.165) is 0 Å². The Morgan fingerprint density at radius 1 is 0.909 bits per heavy atom. The summed E-state index contributed by atoms with van der Waals surface area (Å²) in [6.07, 6.45) is 0.754. The number of piperidine rings is 1. The van der Waals surface area contributed by atoms with E-state index in [9.17, 15) is 21.6 Å². The molecule has 33 heavy (non-hydrogen) atoms. The molecule has 2 aromatic rings. The Hall–Kier alpha value is -2.67. The molecule has 0 radical (unpaired) electrons. The van der Waals surface area contributed by atoms with Crippen molar-refractivity contribution in [1.82, 2.24) is 9.03 Å². The molecule has 1 amide bonds. The molecule has 0 aromatic heterocycles. The average molecular weight is 496 g/mol. The lowest BCUT2D eigenvalue weighted by atomic mass is 9.97. The third kappa shape index (κ3) is 4.98. The standard InChI is InChI=1S/C21H25N3O7S2/c1-22-32(26,27)17-4-2-16(3-5-17)23-21(25)15-8-10-24(11-9-15)33(28,29)18-6-7-19-20(14-18)31-13-12-30-19/h2-7,14-15,22H,8-13H2,1H3,(H,23,25). The summed E-state index contributed by atoms with van der Waals surface area (Å²) in [5.41, 5.74) is 0.474. The van der Waals surface area contributed by atoms with E-state index in [1.165, 1.54) is 47.8 Å². The van der Waals surface area contributed by atoms with Gasteiger partial charge in [0.15, 0.2) is 11.5 Å². The predicted octanol–water partition coefficient (Wildman–Crippen LogP) is 1.41. The van der Waals surface area contributed by atoms with Gasteiger partial charge in [0.1, 0.15) is 13.2 Å². The van der Waals surface area contributed by atoms with Gasteiger partial charge in [-0.1, -0.05) is 0 Å². The molecule has 0 spiro atoms. The van der Waals surface area contributed by atoms with Gasteiger partial charge in [0, 0.05) is 30.8 Å². The molecule has 0 unspecified atom stereocenters. The van der Waals surface area contributed by atoms with E-state index >= 15 is 0 Å². The molecule has 4 rings (SSSR count). The molecule has 0 aliphatic carbocycles. The highest BCUT2D eigenvalue weighted by Gasteiger charge is 2.33. The van der Waals surface area contributed by atoms with Crippen molar-refractivity contribution in [3.8, 4) is 11.5 Å². The largest absolute Gasteiger partial charge is 0.486 e. The van der Waals surface area contributed by atoms with Gasteiger partial charge in [-0.25, -0.2) is 21.6 Å². The third-order valence-electron chi connectivity index (χ3n) is 5.68. The van der Waals surface area contributed by atoms with Gasteiger partial charge in [-0.15, -0.1) is 0 Å². The van der Waals surface area contributed by atoms with E-state index < -0.39 is 20.0 Å². The molecular weight excluding hydrogens is 470 g/mol. The fraction of sp³-hybridized carbons (Fsp3) is 0.381. The second-order valence-corrected chi connectivity index (χ2v) is 11.5. The first-order valence-electron chi connectivity index (χ1n) is 10.4. The summed E-state index contributed by atoms with van der Waals surface area (Å²) in [5, 5.41) is 2.78. The maximum absolute atomic E-state index is 13.1. The summed E-state index contributed by atoms with van der Waals surface area (Å²) in [4.78, 5) is 12.9. The van der Waals surface area contributed by atoms with Crippen molar-refractivity contribution in [2.75, 3.05) is 38.7 Å². The van der Waals surface area contributed by atoms with Crippen LogP contribution in [-0.4, -0.2) is 60.4 Å². The van der Waals surface area contributed by atoms with E-state index in [4.69, 9.17) is 9.47 Å². The predicted molar refractivity (Wildman–Crippen MR) is 120 cm³/mol. The molecule has 2 aromatic carbocycles. The number of carbonyl (C=O) groups excluding carboxylic acids is 1. The molecule has 0 atom stereocenters. The zero-order chi connectivity index (χ0) is 23.6. The lowest BCUT2D eigenvalue weighted by molar-refractivity contribution is -0.120. The summed E-state index contributed by atoms with van der Waals surface area (Å²) in [7, 11) is -5.95. The minimum Gasteiger partial charge on any atom is -0.486 e. The summed E-state index contributed by atoms with van der Waals surface area (Å²) in [5.74, 6) is 0.352. The van der Waals surface area contributed by atoms with Gasteiger partial charge in [0.2, 0.25) is 26.0 Å². The molecule has 0 bridgehead atoms. The number of nitrogens with zero attached hydrogens (tertiary/aromatic N) is 1. The van der Waals surface area contributed by atoms with Crippen LogP contribution >= 0.6 is 0 Å². The normalized spacial score (nSPS) is 17.5. The minimum atomic E-state index is -3.72. The molecule has 2 N–H and O–H groups in total. The summed E-state index contributed by atoms with van der Waals surface area (Å²) in [6, 6.07) is 10.4. The Labute approximate surface area is 193 Å². The molecule has 1 fully saturated rings. The lowest BCUT2D eigenvalue weighted by Crippen LogP contribution is -2.41. The van der Waals surface area contributed by atoms with E-state index in [1.807, 2.05) is 0 Å². The number of hydrogen-bond acceptors (Lipinski definition) is 7. The van der Waals surface area contributed by atoms with Crippen LogP contribution in [0.1, 0.15) is 12.8 Å². The van der Waals surface area contributed by atoms with Crippen LogP contribution < -0.4 is 19.5 Å². The summed E-state index contributed by atoms with van der Waals surface area (Å²) < 4.78 is 64.2. The van der Waals surface area contributed by atoms with Crippen LogP contribution in [0.15, 0.2) is 52.3 Å². The second kappa shape index (κ2) is 9.29. The van der Waals surface area contributed by atoms with Crippen molar-refractivity contribution in [2.24, 2.45) is 5.92 Å². The van der Waals surface area contributed by atoms with Gasteiger partial charge in [-0.3, -0.25) is 4.79 Å². The zero-order valence-electron chi connectivity index (χ0n) is 18.0. The van der Waals surface area contributed by atoms with E-state index in [-0.39, 0.29) is 34.7 Å². The molecule has 0 saturated carbocycles. The molecule has 10 nitrogen and oxygen atoms in total.